The fourth-order valence-electron chi connectivity index (χ4n) is 3.31. The number of carbonyl (C=O) groups excluding carboxylic acids is 2. The van der Waals surface area contributed by atoms with E-state index in [-0.39, 0.29) is 30.1 Å². The van der Waals surface area contributed by atoms with E-state index >= 15 is 0 Å². The summed E-state index contributed by atoms with van der Waals surface area (Å²) in [5.41, 5.74) is 1.23. The zero-order chi connectivity index (χ0) is 14.3. The van der Waals surface area contributed by atoms with Gasteiger partial charge in [0.05, 0.1) is 12.5 Å². The first kappa shape index (κ1) is 14.0. The standard InChI is InChI=1S/C15H20O4/c1-7(2)10-5-12(17)9(4)13(10)14-11(6-16)8(3)15(18)19-14/h9-11,13-14,16H,1,3,5-6H2,2,4H3/t9-,10+,11+,13+,14+/m0/s1. The third kappa shape index (κ3) is 2.14. The third-order valence-corrected chi connectivity index (χ3v) is 4.53. The van der Waals surface area contributed by atoms with Gasteiger partial charge in [-0.3, -0.25) is 4.79 Å². The molecule has 0 bridgehead atoms. The maximum atomic E-state index is 11.9. The Morgan fingerprint density at radius 2 is 2.11 bits per heavy atom. The Balaban J connectivity index is 2.33. The predicted molar refractivity (Wildman–Crippen MR) is 70.2 cm³/mol. The molecule has 0 aromatic heterocycles. The Bertz CT molecular complexity index is 451. The average Bonchev–Trinajstić information content (AvgIpc) is 2.79. The Morgan fingerprint density at radius 1 is 1.47 bits per heavy atom. The predicted octanol–water partition coefficient (Wildman–Crippen LogP) is 1.49. The summed E-state index contributed by atoms with van der Waals surface area (Å²) in [5, 5.41) is 9.46. The topological polar surface area (TPSA) is 63.6 Å². The van der Waals surface area contributed by atoms with Gasteiger partial charge in [-0.2, -0.15) is 0 Å². The van der Waals surface area contributed by atoms with Gasteiger partial charge in [-0.15, -0.1) is 0 Å². The number of ketones is 1. The van der Waals surface area contributed by atoms with E-state index in [1.54, 1.807) is 0 Å². The monoisotopic (exact) mass is 264 g/mol. The molecule has 2 aliphatic rings. The van der Waals surface area contributed by atoms with E-state index in [4.69, 9.17) is 4.74 Å². The van der Waals surface area contributed by atoms with Gasteiger partial charge in [0.25, 0.3) is 0 Å². The van der Waals surface area contributed by atoms with Crippen LogP contribution in [0.4, 0.5) is 0 Å². The van der Waals surface area contributed by atoms with Gasteiger partial charge in [0, 0.05) is 23.8 Å². The minimum atomic E-state index is -0.465. The van der Waals surface area contributed by atoms with E-state index in [9.17, 15) is 14.7 Å². The second-order valence-corrected chi connectivity index (χ2v) is 5.67. The summed E-state index contributed by atoms with van der Waals surface area (Å²) in [7, 11) is 0. The minimum Gasteiger partial charge on any atom is -0.458 e. The van der Waals surface area contributed by atoms with Crippen molar-refractivity contribution in [3.05, 3.63) is 24.3 Å². The van der Waals surface area contributed by atoms with Gasteiger partial charge in [0.15, 0.2) is 0 Å². The Hall–Kier alpha value is -1.42. The Labute approximate surface area is 113 Å². The van der Waals surface area contributed by atoms with Crippen LogP contribution in [0.2, 0.25) is 0 Å². The smallest absolute Gasteiger partial charge is 0.334 e. The number of cyclic esters (lactones) is 1. The Morgan fingerprint density at radius 3 is 2.63 bits per heavy atom. The van der Waals surface area contributed by atoms with Crippen LogP contribution in [0.1, 0.15) is 20.3 Å². The van der Waals surface area contributed by atoms with Crippen molar-refractivity contribution in [2.24, 2.45) is 23.7 Å². The van der Waals surface area contributed by atoms with Crippen LogP contribution in [0.15, 0.2) is 24.3 Å². The molecule has 1 N–H and O–H groups in total. The van der Waals surface area contributed by atoms with Crippen molar-refractivity contribution in [3.63, 3.8) is 0 Å². The lowest BCUT2D eigenvalue weighted by Gasteiger charge is -2.30. The van der Waals surface area contributed by atoms with Crippen molar-refractivity contribution in [2.75, 3.05) is 6.61 Å². The Kier molecular flexibility index (Phi) is 3.63. The highest BCUT2D eigenvalue weighted by molar-refractivity contribution is 5.91. The molecule has 0 aromatic rings. The summed E-state index contributed by atoms with van der Waals surface area (Å²) in [6.45, 7) is 11.2. The number of aliphatic hydroxyl groups excluding tert-OH is 1. The zero-order valence-corrected chi connectivity index (χ0v) is 11.4. The number of allylic oxidation sites excluding steroid dienone is 1. The molecule has 0 spiro atoms. The molecule has 19 heavy (non-hydrogen) atoms. The van der Waals surface area contributed by atoms with Gasteiger partial charge in [-0.1, -0.05) is 25.7 Å². The highest BCUT2D eigenvalue weighted by Gasteiger charge is 2.52. The lowest BCUT2D eigenvalue weighted by Crippen LogP contribution is -2.35. The second-order valence-electron chi connectivity index (χ2n) is 5.67. The molecule has 1 aliphatic heterocycles. The summed E-state index contributed by atoms with van der Waals surface area (Å²) in [6, 6.07) is 0. The molecular formula is C15H20O4. The normalized spacial score (nSPS) is 38.7. The quantitative estimate of drug-likeness (QED) is 0.476. The van der Waals surface area contributed by atoms with Crippen LogP contribution in [-0.2, 0) is 14.3 Å². The SMILES string of the molecule is C=C1C(=O)O[C@@H]([C@H]2[C@@H](C(=C)C)CC(=O)[C@@H]2C)[C@@H]1CO. The first-order chi connectivity index (χ1) is 8.88. The van der Waals surface area contributed by atoms with Crippen LogP contribution < -0.4 is 0 Å². The number of Topliss-reactive ketones (excluding diaryl/α,β-unsaturated/α-hetero) is 1. The van der Waals surface area contributed by atoms with E-state index in [0.29, 0.717) is 12.0 Å². The summed E-state index contributed by atoms with van der Waals surface area (Å²) >= 11 is 0. The molecular weight excluding hydrogens is 244 g/mol. The van der Waals surface area contributed by atoms with E-state index in [0.717, 1.165) is 5.57 Å². The minimum absolute atomic E-state index is 0.0141. The average molecular weight is 264 g/mol. The number of carbonyl (C=O) groups is 2. The fourth-order valence-corrected chi connectivity index (χ4v) is 3.31. The van der Waals surface area contributed by atoms with Crippen molar-refractivity contribution >= 4 is 11.8 Å². The molecule has 1 aliphatic carbocycles. The summed E-state index contributed by atoms with van der Waals surface area (Å²) < 4.78 is 5.37. The molecule has 5 atom stereocenters. The van der Waals surface area contributed by atoms with Crippen LogP contribution in [0, 0.1) is 23.7 Å². The second kappa shape index (κ2) is 4.93. The van der Waals surface area contributed by atoms with Crippen molar-refractivity contribution in [3.8, 4) is 0 Å². The van der Waals surface area contributed by atoms with Crippen LogP contribution in [0.3, 0.4) is 0 Å². The molecule has 0 amide bonds. The molecule has 0 aromatic carbocycles. The maximum absolute atomic E-state index is 11.9. The lowest BCUT2D eigenvalue weighted by molar-refractivity contribution is -0.143. The van der Waals surface area contributed by atoms with E-state index in [1.807, 2.05) is 13.8 Å². The highest BCUT2D eigenvalue weighted by Crippen LogP contribution is 2.46. The molecule has 4 heteroatoms. The molecule has 4 nitrogen and oxygen atoms in total. The number of rotatable bonds is 3. The number of hydrogen-bond donors (Lipinski definition) is 1. The van der Waals surface area contributed by atoms with Crippen molar-refractivity contribution in [1.82, 2.24) is 0 Å². The van der Waals surface area contributed by atoms with E-state index in [2.05, 4.69) is 13.2 Å². The fraction of sp³-hybridized carbons (Fsp3) is 0.600. The molecule has 1 saturated heterocycles. The van der Waals surface area contributed by atoms with E-state index < -0.39 is 18.0 Å². The van der Waals surface area contributed by atoms with Crippen LogP contribution in [0.25, 0.3) is 0 Å². The van der Waals surface area contributed by atoms with Gasteiger partial charge in [-0.05, 0) is 12.8 Å². The number of hydrogen-bond acceptors (Lipinski definition) is 4. The maximum Gasteiger partial charge on any atom is 0.334 e. The van der Waals surface area contributed by atoms with Gasteiger partial charge >= 0.3 is 5.97 Å². The largest absolute Gasteiger partial charge is 0.458 e. The van der Waals surface area contributed by atoms with Crippen molar-refractivity contribution in [2.45, 2.75) is 26.4 Å². The molecule has 0 radical (unpaired) electrons. The highest BCUT2D eigenvalue weighted by atomic mass is 16.6. The van der Waals surface area contributed by atoms with Gasteiger partial charge < -0.3 is 9.84 Å². The van der Waals surface area contributed by atoms with Crippen LogP contribution in [-0.4, -0.2) is 29.6 Å². The molecule has 0 unspecified atom stereocenters. The van der Waals surface area contributed by atoms with E-state index in [1.165, 1.54) is 0 Å². The summed E-state index contributed by atoms with van der Waals surface area (Å²) in [6.07, 6.45) is -0.0204. The first-order valence-corrected chi connectivity index (χ1v) is 6.57. The third-order valence-electron chi connectivity index (χ3n) is 4.53. The van der Waals surface area contributed by atoms with Gasteiger partial charge in [-0.25, -0.2) is 4.79 Å². The van der Waals surface area contributed by atoms with Gasteiger partial charge in [0.1, 0.15) is 11.9 Å². The first-order valence-electron chi connectivity index (χ1n) is 6.57. The lowest BCUT2D eigenvalue weighted by atomic mass is 9.77. The molecule has 1 saturated carbocycles. The zero-order valence-electron chi connectivity index (χ0n) is 11.4. The molecule has 1 heterocycles. The number of ether oxygens (including phenoxy) is 1. The molecule has 2 fully saturated rings. The molecule has 2 rings (SSSR count). The van der Waals surface area contributed by atoms with Crippen molar-refractivity contribution < 1.29 is 19.4 Å². The molecule has 104 valence electrons. The summed E-state index contributed by atoms with van der Waals surface area (Å²) in [4.78, 5) is 23.6. The van der Waals surface area contributed by atoms with Crippen molar-refractivity contribution in [1.29, 1.82) is 0 Å². The number of esters is 1. The van der Waals surface area contributed by atoms with Crippen LogP contribution >= 0.6 is 0 Å². The number of aliphatic hydroxyl groups is 1. The van der Waals surface area contributed by atoms with Gasteiger partial charge in [0.2, 0.25) is 0 Å². The van der Waals surface area contributed by atoms with Crippen LogP contribution in [0.5, 0.6) is 0 Å². The summed E-state index contributed by atoms with van der Waals surface area (Å²) in [5.74, 6) is -0.975.